The van der Waals surface area contributed by atoms with Crippen molar-refractivity contribution in [3.05, 3.63) is 36.2 Å². The number of amides is 1. The molecule has 6 heteroatoms. The number of carbonyl (C=O) groups is 1. The molecule has 1 aromatic carbocycles. The standard InChI is InChI=1S/C17H24N4OS/c1-3-5-6-11-21-13-18-20-17(21)23-12-16(22)19-15-9-7-14(4-2)8-10-15/h7-10,13H,3-6,11-12H2,1-2H3,(H,19,22). The van der Waals surface area contributed by atoms with Crippen molar-refractivity contribution in [1.82, 2.24) is 14.8 Å². The van der Waals surface area contributed by atoms with E-state index in [1.54, 1.807) is 6.33 Å². The Labute approximate surface area is 141 Å². The molecule has 23 heavy (non-hydrogen) atoms. The zero-order valence-corrected chi connectivity index (χ0v) is 14.6. The van der Waals surface area contributed by atoms with Gasteiger partial charge in [0.25, 0.3) is 0 Å². The van der Waals surface area contributed by atoms with Crippen molar-refractivity contribution in [2.45, 2.75) is 51.2 Å². The van der Waals surface area contributed by atoms with E-state index in [0.29, 0.717) is 5.75 Å². The number of anilines is 1. The molecule has 0 aliphatic rings. The summed E-state index contributed by atoms with van der Waals surface area (Å²) in [5.74, 6) is 0.310. The Balaban J connectivity index is 1.80. The summed E-state index contributed by atoms with van der Waals surface area (Å²) in [7, 11) is 0. The van der Waals surface area contributed by atoms with Gasteiger partial charge in [0.1, 0.15) is 6.33 Å². The number of thioether (sulfide) groups is 1. The molecule has 0 aliphatic heterocycles. The molecule has 0 bridgehead atoms. The number of aromatic nitrogens is 3. The lowest BCUT2D eigenvalue weighted by Crippen LogP contribution is -2.14. The highest BCUT2D eigenvalue weighted by atomic mass is 32.2. The van der Waals surface area contributed by atoms with E-state index in [4.69, 9.17) is 0 Å². The molecule has 1 heterocycles. The van der Waals surface area contributed by atoms with Gasteiger partial charge in [-0.1, -0.05) is 50.6 Å². The maximum atomic E-state index is 12.0. The second-order valence-electron chi connectivity index (χ2n) is 5.40. The first-order valence-electron chi connectivity index (χ1n) is 8.12. The van der Waals surface area contributed by atoms with Gasteiger partial charge in [0, 0.05) is 12.2 Å². The maximum Gasteiger partial charge on any atom is 0.234 e. The van der Waals surface area contributed by atoms with Crippen molar-refractivity contribution in [3.8, 4) is 0 Å². The van der Waals surface area contributed by atoms with E-state index in [1.165, 1.54) is 30.2 Å². The minimum absolute atomic E-state index is 0.0256. The first kappa shape index (κ1) is 17.5. The number of benzene rings is 1. The highest BCUT2D eigenvalue weighted by molar-refractivity contribution is 7.99. The number of unbranched alkanes of at least 4 members (excludes halogenated alkanes) is 2. The van der Waals surface area contributed by atoms with E-state index in [1.807, 2.05) is 28.8 Å². The van der Waals surface area contributed by atoms with Crippen LogP contribution in [0.5, 0.6) is 0 Å². The average molecular weight is 332 g/mol. The van der Waals surface area contributed by atoms with Crippen LogP contribution in [0.15, 0.2) is 35.7 Å². The second-order valence-corrected chi connectivity index (χ2v) is 6.34. The summed E-state index contributed by atoms with van der Waals surface area (Å²) >= 11 is 1.42. The Morgan fingerprint density at radius 2 is 2.00 bits per heavy atom. The van der Waals surface area contributed by atoms with Gasteiger partial charge >= 0.3 is 0 Å². The van der Waals surface area contributed by atoms with E-state index < -0.39 is 0 Å². The van der Waals surface area contributed by atoms with Crippen molar-refractivity contribution in [2.75, 3.05) is 11.1 Å². The molecular weight excluding hydrogens is 308 g/mol. The zero-order valence-electron chi connectivity index (χ0n) is 13.8. The number of nitrogens with zero attached hydrogens (tertiary/aromatic N) is 3. The van der Waals surface area contributed by atoms with Crippen molar-refractivity contribution < 1.29 is 4.79 Å². The Kier molecular flexibility index (Phi) is 7.13. The maximum absolute atomic E-state index is 12.0. The summed E-state index contributed by atoms with van der Waals surface area (Å²) in [6.07, 6.45) is 6.22. The largest absolute Gasteiger partial charge is 0.325 e. The summed E-state index contributed by atoms with van der Waals surface area (Å²) in [4.78, 5) is 12.0. The molecule has 2 rings (SSSR count). The Bertz CT molecular complexity index is 609. The van der Waals surface area contributed by atoms with Gasteiger partial charge in [-0.3, -0.25) is 4.79 Å². The molecule has 1 aromatic heterocycles. The van der Waals surface area contributed by atoms with Crippen molar-refractivity contribution >= 4 is 23.4 Å². The predicted molar refractivity (Wildman–Crippen MR) is 94.7 cm³/mol. The topological polar surface area (TPSA) is 59.8 Å². The van der Waals surface area contributed by atoms with E-state index in [-0.39, 0.29) is 5.91 Å². The number of nitrogens with one attached hydrogen (secondary N) is 1. The SMILES string of the molecule is CCCCCn1cnnc1SCC(=O)Nc1ccc(CC)cc1. The van der Waals surface area contributed by atoms with Crippen LogP contribution < -0.4 is 5.32 Å². The third-order valence-electron chi connectivity index (χ3n) is 3.56. The highest BCUT2D eigenvalue weighted by Crippen LogP contribution is 2.17. The van der Waals surface area contributed by atoms with Crippen molar-refractivity contribution in [1.29, 1.82) is 0 Å². The molecule has 0 aliphatic carbocycles. The molecule has 5 nitrogen and oxygen atoms in total. The fourth-order valence-corrected chi connectivity index (χ4v) is 2.93. The summed E-state index contributed by atoms with van der Waals surface area (Å²) in [6, 6.07) is 7.95. The Hall–Kier alpha value is -1.82. The van der Waals surface area contributed by atoms with Crippen LogP contribution in [0, 0.1) is 0 Å². The number of carbonyl (C=O) groups excluding carboxylic acids is 1. The van der Waals surface area contributed by atoms with Gasteiger partial charge in [-0.15, -0.1) is 10.2 Å². The van der Waals surface area contributed by atoms with Gasteiger partial charge in [0.2, 0.25) is 5.91 Å². The van der Waals surface area contributed by atoms with E-state index in [9.17, 15) is 4.79 Å². The van der Waals surface area contributed by atoms with Crippen LogP contribution in [0.3, 0.4) is 0 Å². The molecule has 0 unspecified atom stereocenters. The van der Waals surface area contributed by atoms with E-state index in [2.05, 4.69) is 29.4 Å². The molecular formula is C17H24N4OS. The summed E-state index contributed by atoms with van der Waals surface area (Å²) < 4.78 is 2.02. The van der Waals surface area contributed by atoms with E-state index >= 15 is 0 Å². The molecule has 1 N–H and O–H groups in total. The first-order valence-corrected chi connectivity index (χ1v) is 9.11. The van der Waals surface area contributed by atoms with Crippen LogP contribution in [0.25, 0.3) is 0 Å². The van der Waals surface area contributed by atoms with Gasteiger partial charge in [0.15, 0.2) is 5.16 Å². The van der Waals surface area contributed by atoms with E-state index in [0.717, 1.165) is 30.2 Å². The van der Waals surface area contributed by atoms with Gasteiger partial charge in [-0.25, -0.2) is 0 Å². The van der Waals surface area contributed by atoms with Gasteiger partial charge in [-0.05, 0) is 30.5 Å². The normalized spacial score (nSPS) is 10.7. The van der Waals surface area contributed by atoms with Crippen LogP contribution in [-0.4, -0.2) is 26.4 Å². The van der Waals surface area contributed by atoms with Crippen LogP contribution >= 0.6 is 11.8 Å². The van der Waals surface area contributed by atoms with Gasteiger partial charge < -0.3 is 9.88 Å². The molecule has 0 atom stereocenters. The lowest BCUT2D eigenvalue weighted by atomic mass is 10.1. The van der Waals surface area contributed by atoms with Crippen LogP contribution in [0.2, 0.25) is 0 Å². The zero-order chi connectivity index (χ0) is 16.5. The molecule has 1 amide bonds. The number of aryl methyl sites for hydroxylation is 2. The minimum Gasteiger partial charge on any atom is -0.325 e. The van der Waals surface area contributed by atoms with Crippen LogP contribution in [0.4, 0.5) is 5.69 Å². The molecule has 0 radical (unpaired) electrons. The third-order valence-corrected chi connectivity index (χ3v) is 4.54. The third kappa shape index (κ3) is 5.71. The smallest absolute Gasteiger partial charge is 0.234 e. The first-order chi connectivity index (χ1) is 11.2. The Morgan fingerprint density at radius 3 is 2.70 bits per heavy atom. The van der Waals surface area contributed by atoms with Crippen molar-refractivity contribution in [2.24, 2.45) is 0 Å². The fourth-order valence-electron chi connectivity index (χ4n) is 2.19. The molecule has 0 saturated heterocycles. The number of hydrogen-bond acceptors (Lipinski definition) is 4. The fraction of sp³-hybridized carbons (Fsp3) is 0.471. The monoisotopic (exact) mass is 332 g/mol. The lowest BCUT2D eigenvalue weighted by Gasteiger charge is -2.07. The van der Waals surface area contributed by atoms with Crippen molar-refractivity contribution in [3.63, 3.8) is 0 Å². The molecule has 0 saturated carbocycles. The number of hydrogen-bond donors (Lipinski definition) is 1. The summed E-state index contributed by atoms with van der Waals surface area (Å²) in [6.45, 7) is 5.20. The molecule has 2 aromatic rings. The summed E-state index contributed by atoms with van der Waals surface area (Å²) in [5, 5.41) is 11.7. The van der Waals surface area contributed by atoms with Gasteiger partial charge in [0.05, 0.1) is 5.75 Å². The molecule has 124 valence electrons. The Morgan fingerprint density at radius 1 is 1.22 bits per heavy atom. The molecule has 0 spiro atoms. The highest BCUT2D eigenvalue weighted by Gasteiger charge is 2.09. The quantitative estimate of drug-likeness (QED) is 0.561. The minimum atomic E-state index is -0.0256. The van der Waals surface area contributed by atoms with Crippen LogP contribution in [0.1, 0.15) is 38.7 Å². The number of rotatable bonds is 9. The van der Waals surface area contributed by atoms with Crippen LogP contribution in [-0.2, 0) is 17.8 Å². The lowest BCUT2D eigenvalue weighted by molar-refractivity contribution is -0.113. The average Bonchev–Trinajstić information content (AvgIpc) is 3.01. The van der Waals surface area contributed by atoms with Gasteiger partial charge in [-0.2, -0.15) is 0 Å². The molecule has 0 fully saturated rings. The second kappa shape index (κ2) is 9.35. The predicted octanol–water partition coefficient (Wildman–Crippen LogP) is 3.76. The summed E-state index contributed by atoms with van der Waals surface area (Å²) in [5.41, 5.74) is 2.09.